The van der Waals surface area contributed by atoms with Crippen molar-refractivity contribution in [2.24, 2.45) is 0 Å². The van der Waals surface area contributed by atoms with Crippen molar-refractivity contribution in [3.05, 3.63) is 76.7 Å². The van der Waals surface area contributed by atoms with Crippen LogP contribution in [0.25, 0.3) is 0 Å². The number of benzene rings is 2. The van der Waals surface area contributed by atoms with Gasteiger partial charge in [-0.1, -0.05) is 17.7 Å². The number of halogens is 1. The molecule has 0 aliphatic rings. The van der Waals surface area contributed by atoms with E-state index >= 15 is 0 Å². The van der Waals surface area contributed by atoms with Crippen LogP contribution in [0.15, 0.2) is 59.2 Å². The van der Waals surface area contributed by atoms with Gasteiger partial charge < -0.3 is 24.5 Å². The lowest BCUT2D eigenvalue weighted by Crippen LogP contribution is -2.30. The van der Waals surface area contributed by atoms with Gasteiger partial charge in [-0.3, -0.25) is 9.59 Å². The van der Waals surface area contributed by atoms with Gasteiger partial charge in [0.1, 0.15) is 5.75 Å². The number of rotatable bonds is 7. The zero-order valence-corrected chi connectivity index (χ0v) is 18.4. The quantitative estimate of drug-likeness (QED) is 0.499. The lowest BCUT2D eigenvalue weighted by molar-refractivity contribution is -0.123. The number of carbonyl (C=O) groups excluding carboxylic acids is 3. The van der Waals surface area contributed by atoms with E-state index < -0.39 is 23.9 Å². The van der Waals surface area contributed by atoms with Crippen LogP contribution < -0.4 is 15.4 Å². The maximum absolute atomic E-state index is 12.6. The molecule has 2 aromatic carbocycles. The number of methoxy groups -OCH3 is 1. The minimum atomic E-state index is -1.10. The van der Waals surface area contributed by atoms with Gasteiger partial charge in [-0.05, 0) is 61.9 Å². The Hall–Kier alpha value is -3.78. The number of carbonyl (C=O) groups is 3. The molecule has 0 aliphatic heterocycles. The molecule has 0 fully saturated rings. The van der Waals surface area contributed by atoms with Gasteiger partial charge in [-0.25, -0.2) is 4.79 Å². The minimum absolute atomic E-state index is 0.138. The Kier molecular flexibility index (Phi) is 7.17. The Bertz CT molecular complexity index is 1140. The molecule has 2 N–H and O–H groups in total. The zero-order chi connectivity index (χ0) is 23.3. The van der Waals surface area contributed by atoms with E-state index in [2.05, 4.69) is 10.6 Å². The normalized spacial score (nSPS) is 11.4. The van der Waals surface area contributed by atoms with Crippen LogP contribution in [-0.4, -0.2) is 31.0 Å². The number of ether oxygens (including phenoxy) is 2. The molecule has 0 aliphatic carbocycles. The number of esters is 1. The smallest absolute Gasteiger partial charge is 0.338 e. The third kappa shape index (κ3) is 5.47. The second-order valence-electron chi connectivity index (χ2n) is 6.84. The number of amides is 2. The van der Waals surface area contributed by atoms with E-state index in [1.54, 1.807) is 37.3 Å². The second kappa shape index (κ2) is 10.0. The van der Waals surface area contributed by atoms with Crippen LogP contribution in [0.4, 0.5) is 11.4 Å². The van der Waals surface area contributed by atoms with Crippen molar-refractivity contribution in [3.63, 3.8) is 0 Å². The van der Waals surface area contributed by atoms with Gasteiger partial charge in [0.2, 0.25) is 0 Å². The molecule has 0 radical (unpaired) electrons. The highest BCUT2D eigenvalue weighted by Gasteiger charge is 2.21. The molecule has 166 valence electrons. The summed E-state index contributed by atoms with van der Waals surface area (Å²) in [4.78, 5) is 37.3. The van der Waals surface area contributed by atoms with Gasteiger partial charge in [0.25, 0.3) is 11.8 Å². The summed E-state index contributed by atoms with van der Waals surface area (Å²) in [5.41, 5.74) is 1.68. The van der Waals surface area contributed by atoms with E-state index in [9.17, 15) is 14.4 Å². The van der Waals surface area contributed by atoms with Gasteiger partial charge in [0, 0.05) is 10.7 Å². The SMILES string of the molecule is COc1ccc(Cl)cc1NC(=O)C(C)OC(=O)c1ccc(C)c(NC(=O)c2ccco2)c1. The predicted molar refractivity (Wildman–Crippen MR) is 119 cm³/mol. The van der Waals surface area contributed by atoms with E-state index in [1.165, 1.54) is 38.5 Å². The molecular formula is C23H21ClN2O6. The first-order valence-electron chi connectivity index (χ1n) is 9.59. The first kappa shape index (κ1) is 22.9. The summed E-state index contributed by atoms with van der Waals surface area (Å²) in [6, 6.07) is 12.6. The topological polar surface area (TPSA) is 107 Å². The first-order valence-corrected chi connectivity index (χ1v) is 9.97. The molecule has 0 spiro atoms. The molecule has 2 amide bonds. The summed E-state index contributed by atoms with van der Waals surface area (Å²) in [5, 5.41) is 5.73. The van der Waals surface area contributed by atoms with Crippen molar-refractivity contribution in [2.75, 3.05) is 17.7 Å². The largest absolute Gasteiger partial charge is 0.495 e. The average Bonchev–Trinajstić information content (AvgIpc) is 3.30. The van der Waals surface area contributed by atoms with Crippen molar-refractivity contribution in [3.8, 4) is 5.75 Å². The van der Waals surface area contributed by atoms with Crippen LogP contribution >= 0.6 is 11.6 Å². The summed E-state index contributed by atoms with van der Waals surface area (Å²) in [6.45, 7) is 3.22. The number of hydrogen-bond donors (Lipinski definition) is 2. The van der Waals surface area contributed by atoms with Crippen molar-refractivity contribution >= 4 is 40.8 Å². The van der Waals surface area contributed by atoms with E-state index in [0.29, 0.717) is 22.1 Å². The summed E-state index contributed by atoms with van der Waals surface area (Å²) >= 11 is 5.97. The van der Waals surface area contributed by atoms with Crippen molar-refractivity contribution in [2.45, 2.75) is 20.0 Å². The van der Waals surface area contributed by atoms with Crippen molar-refractivity contribution in [1.29, 1.82) is 0 Å². The van der Waals surface area contributed by atoms with Gasteiger partial charge in [0.05, 0.1) is 24.6 Å². The molecule has 1 unspecified atom stereocenters. The molecule has 3 rings (SSSR count). The molecule has 8 nitrogen and oxygen atoms in total. The van der Waals surface area contributed by atoms with E-state index in [-0.39, 0.29) is 11.3 Å². The molecule has 1 heterocycles. The fraction of sp³-hybridized carbons (Fsp3) is 0.174. The Morgan fingerprint density at radius 1 is 1.03 bits per heavy atom. The monoisotopic (exact) mass is 456 g/mol. The fourth-order valence-corrected chi connectivity index (χ4v) is 2.94. The molecule has 3 aromatic rings. The van der Waals surface area contributed by atoms with Gasteiger partial charge >= 0.3 is 5.97 Å². The van der Waals surface area contributed by atoms with Crippen LogP contribution in [0.2, 0.25) is 5.02 Å². The molecule has 9 heteroatoms. The van der Waals surface area contributed by atoms with Crippen LogP contribution in [0.5, 0.6) is 5.75 Å². The molecule has 32 heavy (non-hydrogen) atoms. The fourth-order valence-electron chi connectivity index (χ4n) is 2.77. The molecule has 0 saturated heterocycles. The van der Waals surface area contributed by atoms with Gasteiger partial charge in [-0.2, -0.15) is 0 Å². The number of nitrogens with one attached hydrogen (secondary N) is 2. The van der Waals surface area contributed by atoms with Gasteiger partial charge in [-0.15, -0.1) is 0 Å². The third-order valence-corrected chi connectivity index (χ3v) is 4.77. The Labute approximate surface area is 189 Å². The maximum atomic E-state index is 12.6. The highest BCUT2D eigenvalue weighted by molar-refractivity contribution is 6.31. The van der Waals surface area contributed by atoms with Crippen LogP contribution in [0.1, 0.15) is 33.4 Å². The molecule has 0 bridgehead atoms. The highest BCUT2D eigenvalue weighted by atomic mass is 35.5. The molecular weight excluding hydrogens is 436 g/mol. The predicted octanol–water partition coefficient (Wildman–Crippen LogP) is 4.69. The van der Waals surface area contributed by atoms with Crippen LogP contribution in [0, 0.1) is 6.92 Å². The molecule has 1 aromatic heterocycles. The van der Waals surface area contributed by atoms with Crippen molar-refractivity contribution < 1.29 is 28.3 Å². The average molecular weight is 457 g/mol. The molecule has 0 saturated carbocycles. The summed E-state index contributed by atoms with van der Waals surface area (Å²) in [5.74, 6) is -1.18. The zero-order valence-electron chi connectivity index (χ0n) is 17.6. The van der Waals surface area contributed by atoms with E-state index in [1.807, 2.05) is 0 Å². The number of aryl methyl sites for hydroxylation is 1. The number of anilines is 2. The van der Waals surface area contributed by atoms with Crippen LogP contribution in [0.3, 0.4) is 0 Å². The van der Waals surface area contributed by atoms with E-state index in [0.717, 1.165) is 5.56 Å². The Morgan fingerprint density at radius 3 is 2.50 bits per heavy atom. The number of hydrogen-bond acceptors (Lipinski definition) is 6. The Balaban J connectivity index is 1.68. The van der Waals surface area contributed by atoms with Crippen molar-refractivity contribution in [1.82, 2.24) is 0 Å². The van der Waals surface area contributed by atoms with Crippen LogP contribution in [-0.2, 0) is 9.53 Å². The van der Waals surface area contributed by atoms with Gasteiger partial charge in [0.15, 0.2) is 11.9 Å². The lowest BCUT2D eigenvalue weighted by Gasteiger charge is -2.16. The lowest BCUT2D eigenvalue weighted by atomic mass is 10.1. The third-order valence-electron chi connectivity index (χ3n) is 4.54. The summed E-state index contributed by atoms with van der Waals surface area (Å²) in [6.07, 6.45) is 0.287. The minimum Gasteiger partial charge on any atom is -0.495 e. The number of furan rings is 1. The molecule has 1 atom stereocenters. The maximum Gasteiger partial charge on any atom is 0.338 e. The second-order valence-corrected chi connectivity index (χ2v) is 7.28. The standard InChI is InChI=1S/C23H21ClN2O6/c1-13-6-7-15(11-17(13)25-22(28)20-5-4-10-31-20)23(29)32-14(2)21(27)26-18-12-16(24)8-9-19(18)30-3/h4-12,14H,1-3H3,(H,25,28)(H,26,27). The summed E-state index contributed by atoms with van der Waals surface area (Å²) < 4.78 is 15.6. The summed E-state index contributed by atoms with van der Waals surface area (Å²) in [7, 11) is 1.46. The first-order chi connectivity index (χ1) is 15.3. The highest BCUT2D eigenvalue weighted by Crippen LogP contribution is 2.28. The van der Waals surface area contributed by atoms with E-state index in [4.69, 9.17) is 25.5 Å². The Morgan fingerprint density at radius 2 is 1.81 bits per heavy atom.